The Morgan fingerprint density at radius 3 is 2.76 bits per heavy atom. The van der Waals surface area contributed by atoms with E-state index in [1.807, 2.05) is 25.1 Å². The third-order valence-corrected chi connectivity index (χ3v) is 2.18. The molecule has 1 aromatic carbocycles. The number of benzene rings is 1. The number of ether oxygens (including phenoxy) is 2. The van der Waals surface area contributed by atoms with E-state index in [9.17, 15) is 4.79 Å². The molecule has 0 N–H and O–H groups in total. The summed E-state index contributed by atoms with van der Waals surface area (Å²) in [6, 6.07) is 5.61. The molecule has 1 aromatic rings. The molecule has 0 unspecified atom stereocenters. The predicted octanol–water partition coefficient (Wildman–Crippen LogP) is 3.09. The smallest absolute Gasteiger partial charge is 0.168 e. The van der Waals surface area contributed by atoms with Crippen molar-refractivity contribution in [2.45, 2.75) is 20.3 Å². The van der Waals surface area contributed by atoms with E-state index in [1.165, 1.54) is 13.0 Å². The first-order valence-corrected chi connectivity index (χ1v) is 5.67. The lowest BCUT2D eigenvalue weighted by atomic mass is 10.1. The average molecular weight is 234 g/mol. The monoisotopic (exact) mass is 234 g/mol. The van der Waals surface area contributed by atoms with Gasteiger partial charge in [-0.15, -0.1) is 0 Å². The zero-order valence-electron chi connectivity index (χ0n) is 10.5. The number of methoxy groups -OCH3 is 1. The lowest BCUT2D eigenvalue weighted by Crippen LogP contribution is -1.99. The second kappa shape index (κ2) is 6.74. The second-order valence-electron chi connectivity index (χ2n) is 3.67. The fraction of sp³-hybridized carbons (Fsp3) is 0.357. The Hall–Kier alpha value is -1.77. The number of allylic oxidation sites excluding steroid dienone is 1. The molecule has 17 heavy (non-hydrogen) atoms. The molecule has 0 bridgehead atoms. The van der Waals surface area contributed by atoms with Crippen molar-refractivity contribution < 1.29 is 14.3 Å². The summed E-state index contributed by atoms with van der Waals surface area (Å²) in [5, 5.41) is 0. The van der Waals surface area contributed by atoms with Crippen molar-refractivity contribution in [2.24, 2.45) is 0 Å². The van der Waals surface area contributed by atoms with Crippen LogP contribution in [-0.2, 0) is 4.79 Å². The molecule has 3 nitrogen and oxygen atoms in total. The summed E-state index contributed by atoms with van der Waals surface area (Å²) in [7, 11) is 1.60. The van der Waals surface area contributed by atoms with Crippen LogP contribution in [0, 0.1) is 0 Å². The summed E-state index contributed by atoms with van der Waals surface area (Å²) in [5.74, 6) is 1.38. The van der Waals surface area contributed by atoms with Crippen LogP contribution in [-0.4, -0.2) is 19.5 Å². The van der Waals surface area contributed by atoms with Gasteiger partial charge in [-0.1, -0.05) is 19.1 Å². The Labute approximate surface area is 102 Å². The number of hydrogen-bond acceptors (Lipinski definition) is 3. The molecule has 0 saturated carbocycles. The van der Waals surface area contributed by atoms with Crippen LogP contribution in [0.25, 0.3) is 6.08 Å². The van der Waals surface area contributed by atoms with E-state index in [0.717, 1.165) is 12.0 Å². The average Bonchev–Trinajstić information content (AvgIpc) is 2.33. The van der Waals surface area contributed by atoms with Gasteiger partial charge in [-0.25, -0.2) is 0 Å². The summed E-state index contributed by atoms with van der Waals surface area (Å²) in [4.78, 5) is 10.9. The molecule has 92 valence electrons. The van der Waals surface area contributed by atoms with Crippen LogP contribution in [0.4, 0.5) is 0 Å². The number of carbonyl (C=O) groups excluding carboxylic acids is 1. The molecular formula is C14H18O3. The van der Waals surface area contributed by atoms with Crippen molar-refractivity contribution in [3.63, 3.8) is 0 Å². The Morgan fingerprint density at radius 2 is 2.18 bits per heavy atom. The zero-order chi connectivity index (χ0) is 12.7. The molecule has 0 aromatic heterocycles. The molecular weight excluding hydrogens is 216 g/mol. The third-order valence-electron chi connectivity index (χ3n) is 2.18. The molecule has 0 aliphatic rings. The molecule has 0 aliphatic heterocycles. The molecule has 0 radical (unpaired) electrons. The molecule has 0 heterocycles. The largest absolute Gasteiger partial charge is 0.493 e. The highest BCUT2D eigenvalue weighted by Gasteiger charge is 2.08. The lowest BCUT2D eigenvalue weighted by molar-refractivity contribution is -0.112. The number of ketones is 1. The first-order chi connectivity index (χ1) is 8.19. The summed E-state index contributed by atoms with van der Waals surface area (Å²) < 4.78 is 10.9. The van der Waals surface area contributed by atoms with Gasteiger partial charge in [0.1, 0.15) is 0 Å². The van der Waals surface area contributed by atoms with Gasteiger partial charge < -0.3 is 9.47 Å². The van der Waals surface area contributed by atoms with Gasteiger partial charge in [0.05, 0.1) is 13.7 Å². The van der Waals surface area contributed by atoms with Crippen LogP contribution in [0.15, 0.2) is 24.3 Å². The normalized spacial score (nSPS) is 10.5. The van der Waals surface area contributed by atoms with E-state index in [2.05, 4.69) is 0 Å². The topological polar surface area (TPSA) is 35.5 Å². The molecule has 0 spiro atoms. The van der Waals surface area contributed by atoms with E-state index in [4.69, 9.17) is 9.47 Å². The Balaban J connectivity index is 3.05. The fourth-order valence-corrected chi connectivity index (χ4v) is 1.39. The van der Waals surface area contributed by atoms with Gasteiger partial charge in [-0.05, 0) is 31.6 Å². The van der Waals surface area contributed by atoms with Crippen LogP contribution in [0.2, 0.25) is 0 Å². The molecule has 1 rings (SSSR count). The van der Waals surface area contributed by atoms with Gasteiger partial charge in [-0.3, -0.25) is 4.79 Å². The number of rotatable bonds is 6. The molecule has 0 aliphatic carbocycles. The van der Waals surface area contributed by atoms with Crippen molar-refractivity contribution in [2.75, 3.05) is 13.7 Å². The van der Waals surface area contributed by atoms with Gasteiger partial charge in [-0.2, -0.15) is 0 Å². The van der Waals surface area contributed by atoms with E-state index in [1.54, 1.807) is 13.2 Å². The lowest BCUT2D eigenvalue weighted by Gasteiger charge is -2.12. The van der Waals surface area contributed by atoms with Gasteiger partial charge in [0.2, 0.25) is 0 Å². The number of carbonyl (C=O) groups is 1. The van der Waals surface area contributed by atoms with E-state index in [0.29, 0.717) is 18.1 Å². The molecule has 3 heteroatoms. The molecule has 0 amide bonds. The summed E-state index contributed by atoms with van der Waals surface area (Å²) in [5.41, 5.74) is 0.855. The van der Waals surface area contributed by atoms with E-state index in [-0.39, 0.29) is 5.78 Å². The highest BCUT2D eigenvalue weighted by molar-refractivity contribution is 5.92. The van der Waals surface area contributed by atoms with Crippen molar-refractivity contribution in [1.29, 1.82) is 0 Å². The first kappa shape index (κ1) is 13.3. The highest BCUT2D eigenvalue weighted by atomic mass is 16.5. The second-order valence-corrected chi connectivity index (χ2v) is 3.67. The summed E-state index contributed by atoms with van der Waals surface area (Å²) >= 11 is 0. The van der Waals surface area contributed by atoms with Crippen LogP contribution in [0.3, 0.4) is 0 Å². The predicted molar refractivity (Wildman–Crippen MR) is 68.5 cm³/mol. The van der Waals surface area contributed by atoms with Gasteiger partial charge in [0, 0.05) is 5.56 Å². The standard InChI is InChI=1S/C14H18O3/c1-4-10-17-14-12(9-8-11(2)15)6-5-7-13(14)16-3/h5-9H,4,10H2,1-3H3/b9-8+. The minimum absolute atomic E-state index is 0.00858. The maximum atomic E-state index is 10.9. The van der Waals surface area contributed by atoms with Crippen molar-refractivity contribution in [1.82, 2.24) is 0 Å². The maximum Gasteiger partial charge on any atom is 0.168 e. The minimum Gasteiger partial charge on any atom is -0.493 e. The van der Waals surface area contributed by atoms with Crippen LogP contribution in [0.5, 0.6) is 11.5 Å². The fourth-order valence-electron chi connectivity index (χ4n) is 1.39. The highest BCUT2D eigenvalue weighted by Crippen LogP contribution is 2.32. The van der Waals surface area contributed by atoms with Crippen LogP contribution >= 0.6 is 0 Å². The van der Waals surface area contributed by atoms with Crippen LogP contribution < -0.4 is 9.47 Å². The molecule has 0 saturated heterocycles. The number of para-hydroxylation sites is 1. The van der Waals surface area contributed by atoms with Gasteiger partial charge in [0.15, 0.2) is 17.3 Å². The number of hydrogen-bond donors (Lipinski definition) is 0. The summed E-state index contributed by atoms with van der Waals surface area (Å²) in [6.07, 6.45) is 4.19. The molecule has 0 fully saturated rings. The Kier molecular flexibility index (Phi) is 5.27. The first-order valence-electron chi connectivity index (χ1n) is 5.67. The zero-order valence-corrected chi connectivity index (χ0v) is 10.5. The minimum atomic E-state index is 0.00858. The SMILES string of the molecule is CCCOc1c(/C=C/C(C)=O)cccc1OC. The van der Waals surface area contributed by atoms with Crippen LogP contribution in [0.1, 0.15) is 25.8 Å². The van der Waals surface area contributed by atoms with Gasteiger partial charge >= 0.3 is 0 Å². The van der Waals surface area contributed by atoms with E-state index >= 15 is 0 Å². The Bertz CT molecular complexity index is 408. The van der Waals surface area contributed by atoms with Crippen molar-refractivity contribution >= 4 is 11.9 Å². The van der Waals surface area contributed by atoms with Crippen molar-refractivity contribution in [3.8, 4) is 11.5 Å². The quantitative estimate of drug-likeness (QED) is 0.709. The van der Waals surface area contributed by atoms with Crippen molar-refractivity contribution in [3.05, 3.63) is 29.8 Å². The molecule has 0 atom stereocenters. The Morgan fingerprint density at radius 1 is 1.41 bits per heavy atom. The maximum absolute atomic E-state index is 10.9. The third kappa shape index (κ3) is 3.94. The van der Waals surface area contributed by atoms with Gasteiger partial charge in [0.25, 0.3) is 0 Å². The van der Waals surface area contributed by atoms with E-state index < -0.39 is 0 Å². The summed E-state index contributed by atoms with van der Waals surface area (Å²) in [6.45, 7) is 4.19.